The number of nitrogens with zero attached hydrogens (tertiary/aromatic N) is 2. The third-order valence-electron chi connectivity index (χ3n) is 6.07. The number of ether oxygens (including phenoxy) is 2. The van der Waals surface area contributed by atoms with Gasteiger partial charge in [-0.1, -0.05) is 54.1 Å². The third-order valence-corrected chi connectivity index (χ3v) is 6.07. The normalized spacial score (nSPS) is 14.4. The summed E-state index contributed by atoms with van der Waals surface area (Å²) in [6, 6.07) is 24.2. The molecule has 0 radical (unpaired) electrons. The molecule has 0 N–H and O–H groups in total. The molecule has 5 heteroatoms. The van der Waals surface area contributed by atoms with Crippen molar-refractivity contribution in [3.63, 3.8) is 0 Å². The predicted octanol–water partition coefficient (Wildman–Crippen LogP) is 4.94. The Bertz CT molecular complexity index is 1100. The molecule has 1 amide bonds. The van der Waals surface area contributed by atoms with Gasteiger partial charge in [-0.2, -0.15) is 0 Å². The van der Waals surface area contributed by atoms with Gasteiger partial charge in [-0.3, -0.25) is 9.69 Å². The molecule has 5 nitrogen and oxygen atoms in total. The predicted molar refractivity (Wildman–Crippen MR) is 136 cm³/mol. The maximum absolute atomic E-state index is 12.8. The Hall–Kier alpha value is -3.57. The maximum atomic E-state index is 12.8. The summed E-state index contributed by atoms with van der Waals surface area (Å²) >= 11 is 0. The summed E-state index contributed by atoms with van der Waals surface area (Å²) in [4.78, 5) is 17.1. The topological polar surface area (TPSA) is 42.0 Å². The number of hydrogen-bond donors (Lipinski definition) is 0. The molecule has 3 aromatic carbocycles. The Balaban J connectivity index is 1.31. The highest BCUT2D eigenvalue weighted by Crippen LogP contribution is 2.23. The largest absolute Gasteiger partial charge is 0.496 e. The SMILES string of the molecule is COc1ccc(/C=C/C(=O)N2CCN(Cc3ccc(C)cc3)CC2)cc1COc1ccccc1. The van der Waals surface area contributed by atoms with Gasteiger partial charge in [-0.05, 0) is 48.4 Å². The van der Waals surface area contributed by atoms with Gasteiger partial charge in [0, 0.05) is 44.4 Å². The molecule has 1 heterocycles. The van der Waals surface area contributed by atoms with Crippen LogP contribution in [0, 0.1) is 6.92 Å². The van der Waals surface area contributed by atoms with Gasteiger partial charge in [0.2, 0.25) is 5.91 Å². The molecule has 1 saturated heterocycles. The van der Waals surface area contributed by atoms with Crippen LogP contribution in [0.4, 0.5) is 0 Å². The molecule has 1 fully saturated rings. The second-order valence-electron chi connectivity index (χ2n) is 8.59. The second kappa shape index (κ2) is 11.5. The molecular formula is C29H32N2O3. The smallest absolute Gasteiger partial charge is 0.246 e. The molecule has 0 aliphatic carbocycles. The van der Waals surface area contributed by atoms with E-state index in [1.807, 2.05) is 59.5 Å². The van der Waals surface area contributed by atoms with E-state index in [1.54, 1.807) is 13.2 Å². The number of piperazine rings is 1. The number of amides is 1. The van der Waals surface area contributed by atoms with Crippen molar-refractivity contribution >= 4 is 12.0 Å². The van der Waals surface area contributed by atoms with Crippen LogP contribution in [0.15, 0.2) is 78.9 Å². The Morgan fingerprint density at radius 2 is 1.68 bits per heavy atom. The number of rotatable bonds is 8. The minimum Gasteiger partial charge on any atom is -0.496 e. The van der Waals surface area contributed by atoms with Gasteiger partial charge in [0.1, 0.15) is 18.1 Å². The van der Waals surface area contributed by atoms with Crippen molar-refractivity contribution in [3.05, 3.63) is 101 Å². The van der Waals surface area contributed by atoms with Crippen LogP contribution in [0.25, 0.3) is 6.08 Å². The highest BCUT2D eigenvalue weighted by Gasteiger charge is 2.19. The van der Waals surface area contributed by atoms with Crippen LogP contribution in [0.2, 0.25) is 0 Å². The van der Waals surface area contributed by atoms with Crippen LogP contribution < -0.4 is 9.47 Å². The van der Waals surface area contributed by atoms with Crippen LogP contribution in [0.5, 0.6) is 11.5 Å². The number of benzene rings is 3. The second-order valence-corrected chi connectivity index (χ2v) is 8.59. The maximum Gasteiger partial charge on any atom is 0.246 e. The van der Waals surface area contributed by atoms with Crippen LogP contribution in [-0.4, -0.2) is 49.0 Å². The molecule has 1 aliphatic rings. The molecule has 4 rings (SSSR count). The standard InChI is InChI=1S/C29H32N2O3/c1-23-8-10-25(11-9-23)21-30-16-18-31(19-17-30)29(32)15-13-24-12-14-28(33-2)26(20-24)22-34-27-6-4-3-5-7-27/h3-15,20H,16-19,21-22H2,1-2H3/b15-13+. The van der Waals surface area contributed by atoms with Crippen molar-refractivity contribution in [2.45, 2.75) is 20.1 Å². The molecule has 1 aliphatic heterocycles. The molecule has 176 valence electrons. The molecule has 0 unspecified atom stereocenters. The Kier molecular flexibility index (Phi) is 7.99. The van der Waals surface area contributed by atoms with Crippen molar-refractivity contribution < 1.29 is 14.3 Å². The number of methoxy groups -OCH3 is 1. The van der Waals surface area contributed by atoms with E-state index in [1.165, 1.54) is 11.1 Å². The van der Waals surface area contributed by atoms with Gasteiger partial charge in [-0.15, -0.1) is 0 Å². The Morgan fingerprint density at radius 3 is 2.38 bits per heavy atom. The van der Waals surface area contributed by atoms with Crippen molar-refractivity contribution in [2.75, 3.05) is 33.3 Å². The van der Waals surface area contributed by atoms with E-state index in [0.717, 1.165) is 55.3 Å². The minimum absolute atomic E-state index is 0.0490. The summed E-state index contributed by atoms with van der Waals surface area (Å²) in [7, 11) is 1.65. The highest BCUT2D eigenvalue weighted by molar-refractivity contribution is 5.91. The van der Waals surface area contributed by atoms with Gasteiger partial charge in [0.15, 0.2) is 0 Å². The van der Waals surface area contributed by atoms with Gasteiger partial charge in [0.25, 0.3) is 0 Å². The molecule has 0 atom stereocenters. The zero-order chi connectivity index (χ0) is 23.8. The fourth-order valence-corrected chi connectivity index (χ4v) is 4.04. The van der Waals surface area contributed by atoms with Gasteiger partial charge in [-0.25, -0.2) is 0 Å². The van der Waals surface area contributed by atoms with E-state index in [4.69, 9.17) is 9.47 Å². The summed E-state index contributed by atoms with van der Waals surface area (Å²) in [5, 5.41) is 0. The lowest BCUT2D eigenvalue weighted by Gasteiger charge is -2.34. The average molecular weight is 457 g/mol. The lowest BCUT2D eigenvalue weighted by molar-refractivity contribution is -0.127. The molecular weight excluding hydrogens is 424 g/mol. The lowest BCUT2D eigenvalue weighted by Crippen LogP contribution is -2.47. The van der Waals surface area contributed by atoms with E-state index >= 15 is 0 Å². The van der Waals surface area contributed by atoms with Crippen molar-refractivity contribution in [2.24, 2.45) is 0 Å². The van der Waals surface area contributed by atoms with Gasteiger partial charge in [0.05, 0.1) is 7.11 Å². The van der Waals surface area contributed by atoms with Crippen LogP contribution >= 0.6 is 0 Å². The molecule has 0 saturated carbocycles. The number of hydrogen-bond acceptors (Lipinski definition) is 4. The van der Waals surface area contributed by atoms with E-state index < -0.39 is 0 Å². The summed E-state index contributed by atoms with van der Waals surface area (Å²) in [6.45, 7) is 6.69. The first-order chi connectivity index (χ1) is 16.6. The fraction of sp³-hybridized carbons (Fsp3) is 0.276. The summed E-state index contributed by atoms with van der Waals surface area (Å²) in [5.41, 5.74) is 4.47. The highest BCUT2D eigenvalue weighted by atomic mass is 16.5. The number of aryl methyl sites for hydroxylation is 1. The van der Waals surface area contributed by atoms with Gasteiger partial charge < -0.3 is 14.4 Å². The van der Waals surface area contributed by atoms with Crippen molar-refractivity contribution in [3.8, 4) is 11.5 Å². The lowest BCUT2D eigenvalue weighted by atomic mass is 10.1. The molecule has 34 heavy (non-hydrogen) atoms. The summed E-state index contributed by atoms with van der Waals surface area (Å²) < 4.78 is 11.4. The molecule has 3 aromatic rings. The number of carbonyl (C=O) groups excluding carboxylic acids is 1. The van der Waals surface area contributed by atoms with Crippen molar-refractivity contribution in [1.29, 1.82) is 0 Å². The monoisotopic (exact) mass is 456 g/mol. The third kappa shape index (κ3) is 6.49. The van der Waals surface area contributed by atoms with Gasteiger partial charge >= 0.3 is 0 Å². The molecule has 0 spiro atoms. The number of carbonyl (C=O) groups is 1. The summed E-state index contributed by atoms with van der Waals surface area (Å²) in [6.07, 6.45) is 3.53. The van der Waals surface area contributed by atoms with E-state index in [2.05, 4.69) is 36.1 Å². The zero-order valence-electron chi connectivity index (χ0n) is 19.9. The van der Waals surface area contributed by atoms with Crippen molar-refractivity contribution in [1.82, 2.24) is 9.80 Å². The summed E-state index contributed by atoms with van der Waals surface area (Å²) in [5.74, 6) is 1.62. The Morgan fingerprint density at radius 1 is 0.941 bits per heavy atom. The molecule has 0 aromatic heterocycles. The first-order valence-corrected chi connectivity index (χ1v) is 11.7. The van der Waals surface area contributed by atoms with E-state index in [-0.39, 0.29) is 5.91 Å². The quantitative estimate of drug-likeness (QED) is 0.450. The van der Waals surface area contributed by atoms with E-state index in [0.29, 0.717) is 6.61 Å². The van der Waals surface area contributed by atoms with Crippen LogP contribution in [-0.2, 0) is 17.9 Å². The van der Waals surface area contributed by atoms with E-state index in [9.17, 15) is 4.79 Å². The zero-order valence-corrected chi connectivity index (χ0v) is 19.9. The van der Waals surface area contributed by atoms with Crippen LogP contribution in [0.1, 0.15) is 22.3 Å². The molecule has 0 bridgehead atoms. The average Bonchev–Trinajstić information content (AvgIpc) is 2.88. The van der Waals surface area contributed by atoms with Crippen LogP contribution in [0.3, 0.4) is 0 Å². The first kappa shape index (κ1) is 23.6. The fourth-order valence-electron chi connectivity index (χ4n) is 4.04. The number of para-hydroxylation sites is 1. The Labute approximate surface area is 202 Å². The first-order valence-electron chi connectivity index (χ1n) is 11.7. The minimum atomic E-state index is 0.0490.